The highest BCUT2D eigenvalue weighted by Gasteiger charge is 2.27. The quantitative estimate of drug-likeness (QED) is 0.188. The minimum atomic E-state index is -0.502. The molecule has 0 radical (unpaired) electrons. The number of hydrogen-bond acceptors (Lipinski definition) is 4. The third kappa shape index (κ3) is 7.35. The molecule has 7 nitrogen and oxygen atoms in total. The van der Waals surface area contributed by atoms with Gasteiger partial charge in [0.2, 0.25) is 5.91 Å². The zero-order valence-corrected chi connectivity index (χ0v) is 19.3. The minimum absolute atomic E-state index is 0.0322. The van der Waals surface area contributed by atoms with Gasteiger partial charge in [0.1, 0.15) is 5.75 Å². The third-order valence-electron chi connectivity index (χ3n) is 5.84. The van der Waals surface area contributed by atoms with Gasteiger partial charge in [-0.25, -0.2) is 0 Å². The number of aromatic hydroxyl groups is 1. The van der Waals surface area contributed by atoms with Crippen LogP contribution in [0.15, 0.2) is 89.9 Å². The van der Waals surface area contributed by atoms with Crippen LogP contribution in [0.4, 0.5) is 0 Å². The molecule has 0 bridgehead atoms. The number of carbonyl (C=O) groups excluding carboxylic acids is 1. The average Bonchev–Trinajstić information content (AvgIpc) is 2.84. The second-order valence-corrected chi connectivity index (χ2v) is 8.34. The largest absolute Gasteiger partial charge is 0.508 e. The maximum atomic E-state index is 12.6. The Balaban J connectivity index is 1.93. The molecule has 3 aromatic carbocycles. The van der Waals surface area contributed by atoms with Crippen molar-refractivity contribution < 1.29 is 9.90 Å². The number of rotatable bonds is 12. The van der Waals surface area contributed by atoms with E-state index in [9.17, 15) is 9.90 Å². The van der Waals surface area contributed by atoms with E-state index in [-0.39, 0.29) is 23.5 Å². The number of nitrogens with zero attached hydrogens (tertiary/aromatic N) is 2. The Morgan fingerprint density at radius 1 is 0.853 bits per heavy atom. The SMILES string of the molecule is NC(=O)[C@@H](CCCN=C(N)N)N(Cc1ccc(O)cc1)CC(c1ccccc1)c1ccccc1. The number of carbonyl (C=O) groups is 1. The van der Waals surface area contributed by atoms with Gasteiger partial charge in [-0.3, -0.25) is 14.7 Å². The molecule has 7 N–H and O–H groups in total. The Morgan fingerprint density at radius 3 is 1.91 bits per heavy atom. The monoisotopic (exact) mass is 459 g/mol. The van der Waals surface area contributed by atoms with Crippen LogP contribution in [0.1, 0.15) is 35.4 Å². The van der Waals surface area contributed by atoms with Crippen LogP contribution in [0.5, 0.6) is 5.75 Å². The molecule has 0 aromatic heterocycles. The summed E-state index contributed by atoms with van der Waals surface area (Å²) in [6, 6.07) is 27.0. The zero-order valence-electron chi connectivity index (χ0n) is 19.3. The van der Waals surface area contributed by atoms with Crippen molar-refractivity contribution in [3.8, 4) is 5.75 Å². The molecule has 3 rings (SSSR count). The van der Waals surface area contributed by atoms with Crippen LogP contribution in [0.2, 0.25) is 0 Å². The molecule has 0 aliphatic rings. The van der Waals surface area contributed by atoms with Gasteiger partial charge in [0.15, 0.2) is 5.96 Å². The lowest BCUT2D eigenvalue weighted by atomic mass is 9.90. The van der Waals surface area contributed by atoms with Crippen molar-refractivity contribution in [1.82, 2.24) is 4.90 Å². The summed E-state index contributed by atoms with van der Waals surface area (Å²) < 4.78 is 0. The number of aliphatic imine (C=N–C) groups is 1. The summed E-state index contributed by atoms with van der Waals surface area (Å²) in [4.78, 5) is 18.8. The highest BCUT2D eigenvalue weighted by Crippen LogP contribution is 2.28. The summed E-state index contributed by atoms with van der Waals surface area (Å²) in [6.07, 6.45) is 1.15. The highest BCUT2D eigenvalue weighted by atomic mass is 16.3. The van der Waals surface area contributed by atoms with E-state index in [1.165, 1.54) is 0 Å². The van der Waals surface area contributed by atoms with Crippen molar-refractivity contribution in [3.05, 3.63) is 102 Å². The second-order valence-electron chi connectivity index (χ2n) is 8.34. The van der Waals surface area contributed by atoms with Crippen molar-refractivity contribution in [3.63, 3.8) is 0 Å². The zero-order chi connectivity index (χ0) is 24.3. The minimum Gasteiger partial charge on any atom is -0.508 e. The molecular weight excluding hydrogens is 426 g/mol. The van der Waals surface area contributed by atoms with Gasteiger partial charge in [0.05, 0.1) is 6.04 Å². The van der Waals surface area contributed by atoms with E-state index >= 15 is 0 Å². The molecule has 0 aliphatic heterocycles. The fourth-order valence-corrected chi connectivity index (χ4v) is 4.14. The summed E-state index contributed by atoms with van der Waals surface area (Å²) in [6.45, 7) is 1.52. The van der Waals surface area contributed by atoms with E-state index in [1.54, 1.807) is 12.1 Å². The number of hydrogen-bond donors (Lipinski definition) is 4. The maximum absolute atomic E-state index is 12.6. The van der Waals surface area contributed by atoms with Crippen LogP contribution in [0.3, 0.4) is 0 Å². The number of benzene rings is 3. The Morgan fingerprint density at radius 2 is 1.41 bits per heavy atom. The van der Waals surface area contributed by atoms with Crippen LogP contribution < -0.4 is 17.2 Å². The van der Waals surface area contributed by atoms with Crippen LogP contribution in [-0.4, -0.2) is 41.0 Å². The normalized spacial score (nSPS) is 11.9. The maximum Gasteiger partial charge on any atom is 0.234 e. The summed E-state index contributed by atoms with van der Waals surface area (Å²) in [5.74, 6) is -0.113. The summed E-state index contributed by atoms with van der Waals surface area (Å²) in [5, 5.41) is 9.70. The Labute approximate surface area is 200 Å². The predicted octanol–water partition coefficient (Wildman–Crippen LogP) is 2.93. The van der Waals surface area contributed by atoms with Gasteiger partial charge in [-0.15, -0.1) is 0 Å². The lowest BCUT2D eigenvalue weighted by Crippen LogP contribution is -2.46. The van der Waals surface area contributed by atoms with Crippen molar-refractivity contribution in [2.24, 2.45) is 22.2 Å². The molecule has 0 heterocycles. The molecule has 0 saturated carbocycles. The molecule has 178 valence electrons. The van der Waals surface area contributed by atoms with Crippen LogP contribution in [0.25, 0.3) is 0 Å². The van der Waals surface area contributed by atoms with Gasteiger partial charge in [-0.2, -0.15) is 0 Å². The molecule has 0 saturated heterocycles. The third-order valence-corrected chi connectivity index (χ3v) is 5.84. The average molecular weight is 460 g/mol. The van der Waals surface area contributed by atoms with E-state index in [1.807, 2.05) is 48.5 Å². The van der Waals surface area contributed by atoms with Crippen molar-refractivity contribution in [2.45, 2.75) is 31.3 Å². The number of guanidine groups is 1. The Hall–Kier alpha value is -3.84. The molecule has 0 unspecified atom stereocenters. The predicted molar refractivity (Wildman–Crippen MR) is 136 cm³/mol. The van der Waals surface area contributed by atoms with E-state index in [2.05, 4.69) is 34.2 Å². The summed E-state index contributed by atoms with van der Waals surface area (Å²) in [5.41, 5.74) is 20.1. The molecule has 0 spiro atoms. The van der Waals surface area contributed by atoms with Crippen LogP contribution >= 0.6 is 0 Å². The van der Waals surface area contributed by atoms with Gasteiger partial charge < -0.3 is 22.3 Å². The molecule has 1 atom stereocenters. The first-order chi connectivity index (χ1) is 16.4. The Bertz CT molecular complexity index is 1010. The van der Waals surface area contributed by atoms with Crippen molar-refractivity contribution >= 4 is 11.9 Å². The van der Waals surface area contributed by atoms with Gasteiger partial charge >= 0.3 is 0 Å². The fourth-order valence-electron chi connectivity index (χ4n) is 4.14. The van der Waals surface area contributed by atoms with E-state index < -0.39 is 6.04 Å². The van der Waals surface area contributed by atoms with E-state index in [4.69, 9.17) is 17.2 Å². The van der Waals surface area contributed by atoms with Crippen LogP contribution in [0, 0.1) is 0 Å². The fraction of sp³-hybridized carbons (Fsp3) is 0.259. The first-order valence-corrected chi connectivity index (χ1v) is 11.4. The Kier molecular flexibility index (Phi) is 9.05. The second kappa shape index (κ2) is 12.4. The first kappa shape index (κ1) is 24.8. The van der Waals surface area contributed by atoms with Gasteiger partial charge in [0, 0.05) is 25.6 Å². The number of phenols is 1. The molecule has 0 fully saturated rings. The van der Waals surface area contributed by atoms with Crippen molar-refractivity contribution in [2.75, 3.05) is 13.1 Å². The first-order valence-electron chi connectivity index (χ1n) is 11.4. The number of primary amides is 1. The topological polar surface area (TPSA) is 131 Å². The summed E-state index contributed by atoms with van der Waals surface area (Å²) >= 11 is 0. The smallest absolute Gasteiger partial charge is 0.234 e. The van der Waals surface area contributed by atoms with E-state index in [0.29, 0.717) is 32.5 Å². The van der Waals surface area contributed by atoms with E-state index in [0.717, 1.165) is 16.7 Å². The molecular formula is C27H33N5O2. The lowest BCUT2D eigenvalue weighted by Gasteiger charge is -2.33. The van der Waals surface area contributed by atoms with Gasteiger partial charge in [-0.05, 0) is 41.7 Å². The lowest BCUT2D eigenvalue weighted by molar-refractivity contribution is -0.123. The van der Waals surface area contributed by atoms with Crippen LogP contribution in [-0.2, 0) is 11.3 Å². The standard InChI is InChI=1S/C27H33N5O2/c28-26(34)25(12-7-17-31-27(29)30)32(18-20-13-15-23(33)16-14-20)19-24(21-8-3-1-4-9-21)22-10-5-2-6-11-22/h1-6,8-11,13-16,24-25,33H,7,12,17-19H2,(H2,28,34)(H4,29,30,31)/t25-/m1/s1. The highest BCUT2D eigenvalue weighted by molar-refractivity contribution is 5.80. The number of phenolic OH excluding ortho intramolecular Hbond substituents is 1. The molecule has 3 aromatic rings. The number of nitrogens with two attached hydrogens (primary N) is 3. The van der Waals surface area contributed by atoms with Gasteiger partial charge in [-0.1, -0.05) is 72.8 Å². The molecule has 0 aliphatic carbocycles. The molecule has 34 heavy (non-hydrogen) atoms. The van der Waals surface area contributed by atoms with Gasteiger partial charge in [0.25, 0.3) is 0 Å². The molecule has 1 amide bonds. The molecule has 7 heteroatoms. The summed E-state index contributed by atoms with van der Waals surface area (Å²) in [7, 11) is 0. The van der Waals surface area contributed by atoms with Crippen molar-refractivity contribution in [1.29, 1.82) is 0 Å². The number of amides is 1.